The van der Waals surface area contributed by atoms with Crippen LogP contribution in [-0.2, 0) is 18.2 Å². The van der Waals surface area contributed by atoms with E-state index in [9.17, 15) is 14.7 Å². The molecule has 1 unspecified atom stereocenters. The third kappa shape index (κ3) is 6.47. The molecule has 4 aromatic heterocycles. The molecule has 64 heavy (non-hydrogen) atoms. The molecule has 2 aliphatic heterocycles. The van der Waals surface area contributed by atoms with Crippen molar-refractivity contribution in [2.24, 2.45) is 7.05 Å². The van der Waals surface area contributed by atoms with Gasteiger partial charge in [-0.1, -0.05) is 18.2 Å². The van der Waals surface area contributed by atoms with Crippen molar-refractivity contribution in [3.63, 3.8) is 0 Å². The van der Waals surface area contributed by atoms with Crippen molar-refractivity contribution in [2.75, 3.05) is 13.2 Å². The molecule has 10 rings (SSSR count). The maximum absolute atomic E-state index is 16.1. The fourth-order valence-corrected chi connectivity index (χ4v) is 9.90. The largest absolute Gasteiger partial charge is 0.478 e. The SMILES string of the molecule is Cc1cc(-n2nc3c(c2-n2ccn(-c4ccc5c(cnn5C)c4F)c2=O)[C@H](C)N(C(=O)c2cc4cc(C5CCOC(C)(C)C5)ccc4n2-c2ccccc2C(=O)O)CC3)cc(C)c1F. The number of fused-ring (bicyclic) bond motifs is 3. The molecule has 1 amide bonds. The molecule has 0 aliphatic carbocycles. The van der Waals surface area contributed by atoms with Crippen LogP contribution in [0.5, 0.6) is 0 Å². The summed E-state index contributed by atoms with van der Waals surface area (Å²) in [5.41, 5.74) is 4.65. The van der Waals surface area contributed by atoms with Crippen LogP contribution in [0.4, 0.5) is 8.78 Å². The number of carbonyl (C=O) groups excluding carboxylic acids is 1. The second kappa shape index (κ2) is 15.0. The number of imidazole rings is 1. The molecule has 1 N–H and O–H groups in total. The predicted molar refractivity (Wildman–Crippen MR) is 238 cm³/mol. The average molecular weight is 865 g/mol. The Kier molecular flexibility index (Phi) is 9.59. The first-order valence-corrected chi connectivity index (χ1v) is 21.3. The van der Waals surface area contributed by atoms with Crippen molar-refractivity contribution >= 4 is 33.7 Å². The number of aryl methyl sites for hydroxylation is 3. The number of hydrogen-bond donors (Lipinski definition) is 1. The summed E-state index contributed by atoms with van der Waals surface area (Å²) in [5.74, 6) is -1.90. The minimum Gasteiger partial charge on any atom is -0.478 e. The van der Waals surface area contributed by atoms with E-state index in [0.717, 1.165) is 23.8 Å². The molecule has 2 aliphatic rings. The minimum absolute atomic E-state index is 0.0284. The lowest BCUT2D eigenvalue weighted by Gasteiger charge is -2.35. The fourth-order valence-electron chi connectivity index (χ4n) is 9.90. The number of aromatic carboxylic acids is 1. The predicted octanol–water partition coefficient (Wildman–Crippen LogP) is 8.67. The van der Waals surface area contributed by atoms with Gasteiger partial charge in [0, 0.05) is 50.0 Å². The summed E-state index contributed by atoms with van der Waals surface area (Å²) in [6.45, 7) is 10.2. The minimum atomic E-state index is -1.13. The van der Waals surface area contributed by atoms with Gasteiger partial charge in [-0.05, 0) is 125 Å². The van der Waals surface area contributed by atoms with Crippen molar-refractivity contribution in [2.45, 2.75) is 71.4 Å². The van der Waals surface area contributed by atoms with Gasteiger partial charge in [0.25, 0.3) is 5.91 Å². The smallest absolute Gasteiger partial charge is 0.338 e. The quantitative estimate of drug-likeness (QED) is 0.170. The Bertz CT molecular complexity index is 3270. The van der Waals surface area contributed by atoms with Crippen LogP contribution in [0.3, 0.4) is 0 Å². The van der Waals surface area contributed by atoms with Crippen molar-refractivity contribution in [1.82, 2.24) is 38.2 Å². The third-order valence-electron chi connectivity index (χ3n) is 13.1. The van der Waals surface area contributed by atoms with Gasteiger partial charge in [-0.25, -0.2) is 23.1 Å². The van der Waals surface area contributed by atoms with E-state index < -0.39 is 23.5 Å². The van der Waals surface area contributed by atoms with Crippen molar-refractivity contribution in [3.8, 4) is 22.9 Å². The number of aromatic nitrogens is 7. The van der Waals surface area contributed by atoms with Gasteiger partial charge in [0.1, 0.15) is 17.3 Å². The third-order valence-corrected chi connectivity index (χ3v) is 13.1. The van der Waals surface area contributed by atoms with Gasteiger partial charge < -0.3 is 19.3 Å². The average Bonchev–Trinajstić information content (AvgIpc) is 4.05. The number of halogens is 2. The van der Waals surface area contributed by atoms with Gasteiger partial charge >= 0.3 is 11.7 Å². The molecule has 13 nitrogen and oxygen atoms in total. The zero-order chi connectivity index (χ0) is 44.9. The van der Waals surface area contributed by atoms with Crippen LogP contribution >= 0.6 is 0 Å². The highest BCUT2D eigenvalue weighted by molar-refractivity contribution is 6.02. The van der Waals surface area contributed by atoms with Crippen LogP contribution in [-0.4, -0.2) is 73.9 Å². The molecule has 6 heterocycles. The Morgan fingerprint density at radius 3 is 2.39 bits per heavy atom. The number of rotatable bonds is 7. The summed E-state index contributed by atoms with van der Waals surface area (Å²) in [4.78, 5) is 44.4. The lowest BCUT2D eigenvalue weighted by Crippen LogP contribution is -2.40. The lowest BCUT2D eigenvalue weighted by atomic mass is 9.83. The summed E-state index contributed by atoms with van der Waals surface area (Å²) < 4.78 is 44.7. The van der Waals surface area contributed by atoms with E-state index in [1.165, 1.54) is 39.9 Å². The highest BCUT2D eigenvalue weighted by Crippen LogP contribution is 2.40. The van der Waals surface area contributed by atoms with E-state index in [1.54, 1.807) is 76.1 Å². The number of carboxylic acid groups (broad SMARTS) is 1. The molecule has 4 aromatic carbocycles. The van der Waals surface area contributed by atoms with Gasteiger partial charge in [-0.15, -0.1) is 0 Å². The summed E-state index contributed by atoms with van der Waals surface area (Å²) in [6.07, 6.45) is 6.43. The summed E-state index contributed by atoms with van der Waals surface area (Å²) in [5, 5.41) is 20.6. The van der Waals surface area contributed by atoms with Crippen molar-refractivity contribution in [3.05, 3.63) is 153 Å². The molecule has 0 spiro atoms. The molecule has 0 bridgehead atoms. The standard InChI is InChI=1S/C49H46F2N8O5/c1-27-21-33(22-28(2)43(27)50)59-45(57-19-18-56(48(57)63)40-14-13-38-35(44(40)51)26-52-54(38)6)42-29(3)55(17-15-36(42)53-59)46(60)41-24-32-23-30(31-16-20-64-49(4,5)25-31)11-12-37(32)58(41)39-10-8-7-9-34(39)47(61)62/h7-14,18-19,21-24,26,29,31H,15-17,20,25H2,1-6H3,(H,61,62)/t29-,31?/m0/s1. The Morgan fingerprint density at radius 2 is 1.64 bits per heavy atom. The van der Waals surface area contributed by atoms with E-state index in [1.807, 2.05) is 19.1 Å². The first-order chi connectivity index (χ1) is 30.6. The number of benzene rings is 4. The number of nitrogens with zero attached hydrogens (tertiary/aromatic N) is 8. The Morgan fingerprint density at radius 1 is 0.906 bits per heavy atom. The van der Waals surface area contributed by atoms with Gasteiger partial charge in [0.2, 0.25) is 0 Å². The van der Waals surface area contributed by atoms with E-state index in [4.69, 9.17) is 9.84 Å². The highest BCUT2D eigenvalue weighted by atomic mass is 19.1. The van der Waals surface area contributed by atoms with Crippen LogP contribution in [0.25, 0.3) is 44.7 Å². The topological polar surface area (TPSA) is 134 Å². The molecule has 1 saturated heterocycles. The number of hydrogen-bond acceptors (Lipinski definition) is 6. The number of amides is 1. The summed E-state index contributed by atoms with van der Waals surface area (Å²) in [7, 11) is 1.71. The van der Waals surface area contributed by atoms with Gasteiger partial charge in [-0.2, -0.15) is 10.2 Å². The molecule has 1 fully saturated rings. The van der Waals surface area contributed by atoms with E-state index >= 15 is 13.6 Å². The molecule has 8 aromatic rings. The van der Waals surface area contributed by atoms with Crippen molar-refractivity contribution < 1.29 is 28.2 Å². The Labute approximate surface area is 366 Å². The van der Waals surface area contributed by atoms with Crippen LogP contribution in [0, 0.1) is 25.5 Å². The lowest BCUT2D eigenvalue weighted by molar-refractivity contribution is -0.0592. The zero-order valence-electron chi connectivity index (χ0n) is 36.3. The first-order valence-electron chi connectivity index (χ1n) is 21.3. The molecule has 326 valence electrons. The van der Waals surface area contributed by atoms with Gasteiger partial charge in [0.15, 0.2) is 5.82 Å². The Balaban J connectivity index is 1.12. The first kappa shape index (κ1) is 40.9. The molecule has 0 radical (unpaired) electrons. The van der Waals surface area contributed by atoms with E-state index in [0.29, 0.717) is 63.6 Å². The van der Waals surface area contributed by atoms with Gasteiger partial charge in [0.05, 0.1) is 62.6 Å². The Hall–Kier alpha value is -7.13. The second-order valence-electron chi connectivity index (χ2n) is 17.6. The maximum Gasteiger partial charge on any atom is 0.338 e. The summed E-state index contributed by atoms with van der Waals surface area (Å²) >= 11 is 0. The van der Waals surface area contributed by atoms with E-state index in [2.05, 4.69) is 31.1 Å². The molecule has 15 heteroatoms. The van der Waals surface area contributed by atoms with Crippen molar-refractivity contribution in [1.29, 1.82) is 0 Å². The normalized spacial score (nSPS) is 17.3. The van der Waals surface area contributed by atoms with Crippen LogP contribution in [0.1, 0.15) is 94.4 Å². The number of carboxylic acids is 1. The molecule has 0 saturated carbocycles. The zero-order valence-corrected chi connectivity index (χ0v) is 36.3. The molecular weight excluding hydrogens is 819 g/mol. The number of ether oxygens (including phenoxy) is 1. The monoisotopic (exact) mass is 864 g/mol. The van der Waals surface area contributed by atoms with Crippen LogP contribution in [0.15, 0.2) is 96.2 Å². The number of para-hydroxylation sites is 1. The fraction of sp³-hybridized carbons (Fsp3) is 0.286. The second-order valence-corrected chi connectivity index (χ2v) is 17.6. The van der Waals surface area contributed by atoms with Crippen LogP contribution in [0.2, 0.25) is 0 Å². The molecular formula is C49H46F2N8O5. The maximum atomic E-state index is 16.1. The van der Waals surface area contributed by atoms with E-state index in [-0.39, 0.29) is 52.1 Å². The van der Waals surface area contributed by atoms with Gasteiger partial charge in [-0.3, -0.25) is 18.6 Å². The number of carbonyl (C=O) groups is 2. The van der Waals surface area contributed by atoms with Crippen LogP contribution < -0.4 is 5.69 Å². The summed E-state index contributed by atoms with van der Waals surface area (Å²) in [6, 6.07) is 20.4. The highest BCUT2D eigenvalue weighted by Gasteiger charge is 2.38. The molecule has 2 atom stereocenters.